The summed E-state index contributed by atoms with van der Waals surface area (Å²) in [6, 6.07) is 8.98. The van der Waals surface area contributed by atoms with Crippen LogP contribution in [0.5, 0.6) is 17.2 Å². The van der Waals surface area contributed by atoms with E-state index < -0.39 is 18.5 Å². The minimum atomic E-state index is -0.848. The molecule has 26 heavy (non-hydrogen) atoms. The van der Waals surface area contributed by atoms with E-state index in [4.69, 9.17) is 25.8 Å². The highest BCUT2D eigenvalue weighted by atomic mass is 35.5. The van der Waals surface area contributed by atoms with Gasteiger partial charge >= 0.3 is 5.97 Å². The van der Waals surface area contributed by atoms with Crippen LogP contribution in [0.15, 0.2) is 36.4 Å². The highest BCUT2D eigenvalue weighted by Gasteiger charge is 2.16. The van der Waals surface area contributed by atoms with Crippen LogP contribution in [-0.4, -0.2) is 36.8 Å². The molecule has 8 heteroatoms. The molecule has 1 aliphatic heterocycles. The molecule has 0 aromatic heterocycles. The lowest BCUT2D eigenvalue weighted by atomic mass is 10.2. The molecule has 1 aliphatic rings. The van der Waals surface area contributed by atoms with Gasteiger partial charge in [-0.3, -0.25) is 4.79 Å². The van der Waals surface area contributed by atoms with Gasteiger partial charge in [0.2, 0.25) is 0 Å². The summed E-state index contributed by atoms with van der Waals surface area (Å²) in [5.74, 6) is -0.500. The zero-order valence-corrected chi connectivity index (χ0v) is 14.4. The van der Waals surface area contributed by atoms with E-state index in [-0.39, 0.29) is 16.3 Å². The lowest BCUT2D eigenvalue weighted by molar-refractivity contribution is -0.119. The maximum Gasteiger partial charge on any atom is 0.342 e. The summed E-state index contributed by atoms with van der Waals surface area (Å²) in [4.78, 5) is 23.9. The van der Waals surface area contributed by atoms with Crippen LogP contribution in [0.25, 0.3) is 0 Å². The molecule has 0 saturated heterocycles. The number of esters is 1. The van der Waals surface area contributed by atoms with E-state index in [9.17, 15) is 14.7 Å². The van der Waals surface area contributed by atoms with E-state index in [0.717, 1.165) is 6.42 Å². The van der Waals surface area contributed by atoms with Crippen molar-refractivity contribution in [3.63, 3.8) is 0 Å². The van der Waals surface area contributed by atoms with Crippen LogP contribution < -0.4 is 14.8 Å². The van der Waals surface area contributed by atoms with Crippen molar-refractivity contribution in [1.82, 2.24) is 0 Å². The number of nitrogens with one attached hydrogen (secondary N) is 1. The molecule has 1 heterocycles. The molecular formula is C18H16ClNO6. The second-order valence-corrected chi connectivity index (χ2v) is 5.93. The van der Waals surface area contributed by atoms with Gasteiger partial charge in [-0.05, 0) is 30.3 Å². The smallest absolute Gasteiger partial charge is 0.342 e. The Morgan fingerprint density at radius 1 is 1.12 bits per heavy atom. The minimum Gasteiger partial charge on any atom is -0.507 e. The topological polar surface area (TPSA) is 94.1 Å². The van der Waals surface area contributed by atoms with Crippen molar-refractivity contribution in [3.05, 3.63) is 47.0 Å². The summed E-state index contributed by atoms with van der Waals surface area (Å²) in [7, 11) is 0. The zero-order valence-electron chi connectivity index (χ0n) is 13.7. The molecule has 0 fully saturated rings. The molecule has 0 radical (unpaired) electrons. The first-order valence-corrected chi connectivity index (χ1v) is 8.26. The van der Waals surface area contributed by atoms with Gasteiger partial charge in [0.05, 0.1) is 13.2 Å². The summed E-state index contributed by atoms with van der Waals surface area (Å²) in [5, 5.41) is 12.5. The molecule has 0 spiro atoms. The van der Waals surface area contributed by atoms with E-state index in [2.05, 4.69) is 5.32 Å². The number of benzene rings is 2. The summed E-state index contributed by atoms with van der Waals surface area (Å²) in [6.45, 7) is 0.593. The maximum atomic E-state index is 12.0. The van der Waals surface area contributed by atoms with Gasteiger partial charge in [-0.2, -0.15) is 0 Å². The van der Waals surface area contributed by atoms with Crippen molar-refractivity contribution < 1.29 is 28.9 Å². The Hall–Kier alpha value is -2.93. The molecule has 2 aromatic rings. The molecule has 2 N–H and O–H groups in total. The van der Waals surface area contributed by atoms with Crippen LogP contribution in [-0.2, 0) is 9.53 Å². The molecule has 0 atom stereocenters. The van der Waals surface area contributed by atoms with Gasteiger partial charge in [-0.15, -0.1) is 0 Å². The first kappa shape index (κ1) is 17.9. The van der Waals surface area contributed by atoms with Gasteiger partial charge in [0.25, 0.3) is 5.91 Å². The third kappa shape index (κ3) is 4.37. The number of hydrogen-bond donors (Lipinski definition) is 2. The van der Waals surface area contributed by atoms with Crippen molar-refractivity contribution in [2.24, 2.45) is 0 Å². The number of fused-ring (bicyclic) bond motifs is 1. The third-order valence-corrected chi connectivity index (χ3v) is 3.78. The lowest BCUT2D eigenvalue weighted by Crippen LogP contribution is -2.21. The van der Waals surface area contributed by atoms with Crippen molar-refractivity contribution in [3.8, 4) is 17.2 Å². The Balaban J connectivity index is 1.58. The second-order valence-electron chi connectivity index (χ2n) is 5.50. The van der Waals surface area contributed by atoms with Gasteiger partial charge in [0.1, 0.15) is 11.3 Å². The number of ether oxygens (including phenoxy) is 3. The van der Waals surface area contributed by atoms with Gasteiger partial charge in [0, 0.05) is 23.2 Å². The van der Waals surface area contributed by atoms with E-state index in [1.54, 1.807) is 18.2 Å². The molecule has 0 bridgehead atoms. The Kier molecular flexibility index (Phi) is 5.48. The van der Waals surface area contributed by atoms with Crippen molar-refractivity contribution >= 4 is 29.2 Å². The number of carbonyl (C=O) groups is 2. The molecule has 7 nitrogen and oxygen atoms in total. The molecule has 2 aromatic carbocycles. The first-order chi connectivity index (χ1) is 12.5. The maximum absolute atomic E-state index is 12.0. The monoisotopic (exact) mass is 377 g/mol. The van der Waals surface area contributed by atoms with Crippen LogP contribution in [0.1, 0.15) is 16.8 Å². The fraction of sp³-hybridized carbons (Fsp3) is 0.222. The predicted molar refractivity (Wildman–Crippen MR) is 94.1 cm³/mol. The quantitative estimate of drug-likeness (QED) is 0.795. The summed E-state index contributed by atoms with van der Waals surface area (Å²) >= 11 is 5.78. The third-order valence-electron chi connectivity index (χ3n) is 3.54. The van der Waals surface area contributed by atoms with Crippen LogP contribution >= 0.6 is 11.6 Å². The number of hydrogen-bond acceptors (Lipinski definition) is 6. The van der Waals surface area contributed by atoms with Crippen molar-refractivity contribution in [2.75, 3.05) is 25.1 Å². The number of aromatic hydroxyl groups is 1. The van der Waals surface area contributed by atoms with Crippen molar-refractivity contribution in [2.45, 2.75) is 6.42 Å². The van der Waals surface area contributed by atoms with Gasteiger partial charge in [-0.1, -0.05) is 11.6 Å². The van der Waals surface area contributed by atoms with Gasteiger partial charge < -0.3 is 24.6 Å². The Bertz CT molecular complexity index is 838. The Labute approximate surface area is 154 Å². The number of phenols is 1. The lowest BCUT2D eigenvalue weighted by Gasteiger charge is -2.11. The number of amides is 1. The molecule has 0 saturated carbocycles. The Morgan fingerprint density at radius 3 is 2.69 bits per heavy atom. The number of halogens is 1. The fourth-order valence-electron chi connectivity index (χ4n) is 2.32. The standard InChI is InChI=1S/C18H16ClNO6/c19-11-2-4-14(21)13(8-11)18(23)26-10-17(22)20-12-3-5-15-16(9-12)25-7-1-6-24-15/h2-5,8-9,21H,1,6-7,10H2,(H,20,22). The molecule has 0 unspecified atom stereocenters. The number of phenolic OH excluding ortho intramolecular Hbond substituents is 1. The second kappa shape index (κ2) is 7.97. The highest BCUT2D eigenvalue weighted by molar-refractivity contribution is 6.31. The van der Waals surface area contributed by atoms with E-state index >= 15 is 0 Å². The fourth-order valence-corrected chi connectivity index (χ4v) is 2.49. The van der Waals surface area contributed by atoms with Crippen LogP contribution in [0.2, 0.25) is 5.02 Å². The largest absolute Gasteiger partial charge is 0.507 e. The normalized spacial score (nSPS) is 12.8. The zero-order chi connectivity index (χ0) is 18.5. The highest BCUT2D eigenvalue weighted by Crippen LogP contribution is 2.32. The number of rotatable bonds is 4. The van der Waals surface area contributed by atoms with Crippen LogP contribution in [0, 0.1) is 0 Å². The summed E-state index contributed by atoms with van der Waals surface area (Å²) in [6.07, 6.45) is 0.780. The average molecular weight is 378 g/mol. The summed E-state index contributed by atoms with van der Waals surface area (Å²) in [5.41, 5.74) is 0.377. The van der Waals surface area contributed by atoms with E-state index in [1.807, 2.05) is 0 Å². The minimum absolute atomic E-state index is 0.110. The number of carbonyl (C=O) groups excluding carboxylic acids is 2. The Morgan fingerprint density at radius 2 is 1.88 bits per heavy atom. The van der Waals surface area contributed by atoms with Crippen LogP contribution in [0.4, 0.5) is 5.69 Å². The van der Waals surface area contributed by atoms with E-state index in [1.165, 1.54) is 18.2 Å². The number of anilines is 1. The SMILES string of the molecule is O=C(COC(=O)c1cc(Cl)ccc1O)Nc1ccc2c(c1)OCCCO2. The molecule has 0 aliphatic carbocycles. The van der Waals surface area contributed by atoms with Crippen LogP contribution in [0.3, 0.4) is 0 Å². The van der Waals surface area contributed by atoms with Crippen molar-refractivity contribution in [1.29, 1.82) is 0 Å². The molecule has 136 valence electrons. The molecular weight excluding hydrogens is 362 g/mol. The average Bonchev–Trinajstić information content (AvgIpc) is 2.86. The molecule has 1 amide bonds. The summed E-state index contributed by atoms with van der Waals surface area (Å²) < 4.78 is 16.0. The first-order valence-electron chi connectivity index (χ1n) is 7.88. The predicted octanol–water partition coefficient (Wildman–Crippen LogP) is 3.00. The van der Waals surface area contributed by atoms with Gasteiger partial charge in [0.15, 0.2) is 18.1 Å². The van der Waals surface area contributed by atoms with Gasteiger partial charge in [-0.25, -0.2) is 4.79 Å². The molecule has 3 rings (SSSR count). The van der Waals surface area contributed by atoms with E-state index in [0.29, 0.717) is 30.4 Å².